The number of amides is 1. The van der Waals surface area contributed by atoms with E-state index < -0.39 is 0 Å². The first kappa shape index (κ1) is 16.5. The molecule has 24 heavy (non-hydrogen) atoms. The highest BCUT2D eigenvalue weighted by molar-refractivity contribution is 5.91. The van der Waals surface area contributed by atoms with E-state index in [9.17, 15) is 4.79 Å². The van der Waals surface area contributed by atoms with Crippen LogP contribution in [0.4, 0.5) is 0 Å². The third-order valence-electron chi connectivity index (χ3n) is 4.73. The van der Waals surface area contributed by atoms with Crippen LogP contribution in [0.15, 0.2) is 60.7 Å². The molecule has 1 fully saturated rings. The second kappa shape index (κ2) is 7.96. The SMILES string of the molecule is Cc1ccc(C=CC(=O)N(Cc2ccccc2)CC2CCC2)cc1. The van der Waals surface area contributed by atoms with Crippen LogP contribution < -0.4 is 0 Å². The predicted octanol–water partition coefficient (Wildman–Crippen LogP) is 4.84. The summed E-state index contributed by atoms with van der Waals surface area (Å²) in [7, 11) is 0. The Kier molecular flexibility index (Phi) is 5.47. The van der Waals surface area contributed by atoms with E-state index in [2.05, 4.69) is 31.2 Å². The molecular weight excluding hydrogens is 294 g/mol. The Morgan fingerprint density at radius 1 is 1.08 bits per heavy atom. The molecule has 2 aromatic carbocycles. The van der Waals surface area contributed by atoms with Crippen LogP contribution in [-0.4, -0.2) is 17.4 Å². The maximum atomic E-state index is 12.7. The highest BCUT2D eigenvalue weighted by Gasteiger charge is 2.22. The Balaban J connectivity index is 1.68. The van der Waals surface area contributed by atoms with Gasteiger partial charge in [-0.25, -0.2) is 0 Å². The van der Waals surface area contributed by atoms with Crippen LogP contribution in [0.3, 0.4) is 0 Å². The maximum absolute atomic E-state index is 12.7. The fourth-order valence-electron chi connectivity index (χ4n) is 2.97. The van der Waals surface area contributed by atoms with Crippen LogP contribution in [0, 0.1) is 12.8 Å². The number of hydrogen-bond acceptors (Lipinski definition) is 1. The first-order valence-electron chi connectivity index (χ1n) is 8.78. The van der Waals surface area contributed by atoms with Crippen LogP contribution in [-0.2, 0) is 11.3 Å². The van der Waals surface area contributed by atoms with Gasteiger partial charge in [-0.1, -0.05) is 66.6 Å². The van der Waals surface area contributed by atoms with Crippen LogP contribution in [0.25, 0.3) is 6.08 Å². The lowest BCUT2D eigenvalue weighted by atomic mass is 9.85. The lowest BCUT2D eigenvalue weighted by Gasteiger charge is -2.32. The Bertz CT molecular complexity index is 684. The van der Waals surface area contributed by atoms with Crippen LogP contribution >= 0.6 is 0 Å². The largest absolute Gasteiger partial charge is 0.335 e. The van der Waals surface area contributed by atoms with Gasteiger partial charge in [-0.05, 0) is 42.9 Å². The van der Waals surface area contributed by atoms with Crippen molar-refractivity contribution in [2.24, 2.45) is 5.92 Å². The topological polar surface area (TPSA) is 20.3 Å². The molecule has 0 heterocycles. The second-order valence-electron chi connectivity index (χ2n) is 6.75. The summed E-state index contributed by atoms with van der Waals surface area (Å²) < 4.78 is 0. The van der Waals surface area contributed by atoms with Gasteiger partial charge in [-0.2, -0.15) is 0 Å². The predicted molar refractivity (Wildman–Crippen MR) is 99.4 cm³/mol. The van der Waals surface area contributed by atoms with E-state index in [4.69, 9.17) is 0 Å². The van der Waals surface area contributed by atoms with E-state index >= 15 is 0 Å². The van der Waals surface area contributed by atoms with Gasteiger partial charge in [0, 0.05) is 19.2 Å². The van der Waals surface area contributed by atoms with Gasteiger partial charge in [0.1, 0.15) is 0 Å². The number of carbonyl (C=O) groups excluding carboxylic acids is 1. The monoisotopic (exact) mass is 319 g/mol. The van der Waals surface area contributed by atoms with Crippen molar-refractivity contribution >= 4 is 12.0 Å². The van der Waals surface area contributed by atoms with Gasteiger partial charge in [0.15, 0.2) is 0 Å². The van der Waals surface area contributed by atoms with Gasteiger partial charge in [0.2, 0.25) is 5.91 Å². The Hall–Kier alpha value is -2.35. The summed E-state index contributed by atoms with van der Waals surface area (Å²) in [5.74, 6) is 0.775. The second-order valence-corrected chi connectivity index (χ2v) is 6.75. The molecule has 0 radical (unpaired) electrons. The molecule has 0 saturated heterocycles. The van der Waals surface area contributed by atoms with E-state index in [0.717, 1.165) is 12.1 Å². The van der Waals surface area contributed by atoms with Crippen molar-refractivity contribution < 1.29 is 4.79 Å². The highest BCUT2D eigenvalue weighted by atomic mass is 16.2. The van der Waals surface area contributed by atoms with E-state index in [1.54, 1.807) is 6.08 Å². The molecular formula is C22H25NO. The summed E-state index contributed by atoms with van der Waals surface area (Å²) in [6, 6.07) is 18.5. The molecule has 1 aliphatic rings. The zero-order valence-electron chi connectivity index (χ0n) is 14.3. The van der Waals surface area contributed by atoms with Crippen molar-refractivity contribution in [3.8, 4) is 0 Å². The van der Waals surface area contributed by atoms with E-state index in [0.29, 0.717) is 12.5 Å². The average molecular weight is 319 g/mol. The van der Waals surface area contributed by atoms with Crippen LogP contribution in [0.5, 0.6) is 0 Å². The summed E-state index contributed by atoms with van der Waals surface area (Å²) in [6.45, 7) is 3.62. The Morgan fingerprint density at radius 3 is 2.42 bits per heavy atom. The molecule has 1 saturated carbocycles. The van der Waals surface area contributed by atoms with Gasteiger partial charge in [-0.3, -0.25) is 4.79 Å². The molecule has 2 heteroatoms. The normalized spacial score (nSPS) is 14.5. The zero-order valence-corrected chi connectivity index (χ0v) is 14.3. The molecule has 124 valence electrons. The Morgan fingerprint density at radius 2 is 1.79 bits per heavy atom. The fourth-order valence-corrected chi connectivity index (χ4v) is 2.97. The fraction of sp³-hybridized carbons (Fsp3) is 0.318. The van der Waals surface area contributed by atoms with Crippen molar-refractivity contribution in [3.05, 3.63) is 77.4 Å². The number of aryl methyl sites for hydroxylation is 1. The molecule has 2 aromatic rings. The first-order valence-corrected chi connectivity index (χ1v) is 8.78. The molecule has 2 nitrogen and oxygen atoms in total. The minimum atomic E-state index is 0.103. The summed E-state index contributed by atoms with van der Waals surface area (Å²) in [6.07, 6.45) is 7.44. The molecule has 1 aliphatic carbocycles. The number of rotatable bonds is 6. The van der Waals surface area contributed by atoms with Gasteiger partial charge in [0.25, 0.3) is 0 Å². The van der Waals surface area contributed by atoms with Gasteiger partial charge >= 0.3 is 0 Å². The first-order chi connectivity index (χ1) is 11.7. The van der Waals surface area contributed by atoms with Crippen LogP contribution in [0.1, 0.15) is 36.0 Å². The summed E-state index contributed by atoms with van der Waals surface area (Å²) in [4.78, 5) is 14.7. The summed E-state index contributed by atoms with van der Waals surface area (Å²) >= 11 is 0. The molecule has 0 aliphatic heterocycles. The Labute approximate surface area is 144 Å². The third-order valence-corrected chi connectivity index (χ3v) is 4.73. The molecule has 0 bridgehead atoms. The summed E-state index contributed by atoms with van der Waals surface area (Å²) in [5, 5.41) is 0. The van der Waals surface area contributed by atoms with Crippen molar-refractivity contribution in [2.75, 3.05) is 6.54 Å². The van der Waals surface area contributed by atoms with Gasteiger partial charge < -0.3 is 4.90 Å². The number of benzene rings is 2. The lowest BCUT2D eigenvalue weighted by Crippen LogP contribution is -2.36. The molecule has 0 atom stereocenters. The van der Waals surface area contributed by atoms with Gasteiger partial charge in [0.05, 0.1) is 0 Å². The van der Waals surface area contributed by atoms with E-state index in [1.807, 2.05) is 41.3 Å². The van der Waals surface area contributed by atoms with Gasteiger partial charge in [-0.15, -0.1) is 0 Å². The number of hydrogen-bond donors (Lipinski definition) is 0. The maximum Gasteiger partial charge on any atom is 0.246 e. The average Bonchev–Trinajstić information content (AvgIpc) is 2.57. The molecule has 0 aromatic heterocycles. The molecule has 0 unspecified atom stereocenters. The standard InChI is InChI=1S/C22H25NO/c1-18-10-12-19(13-11-18)14-15-22(24)23(17-21-8-5-9-21)16-20-6-3-2-4-7-20/h2-4,6-7,10-15,21H,5,8-9,16-17H2,1H3. The molecule has 3 rings (SSSR count). The van der Waals surface area contributed by atoms with E-state index in [1.165, 1.54) is 30.4 Å². The summed E-state index contributed by atoms with van der Waals surface area (Å²) in [5.41, 5.74) is 3.49. The van der Waals surface area contributed by atoms with Crippen LogP contribution in [0.2, 0.25) is 0 Å². The van der Waals surface area contributed by atoms with E-state index in [-0.39, 0.29) is 5.91 Å². The molecule has 0 N–H and O–H groups in total. The smallest absolute Gasteiger partial charge is 0.246 e. The molecule has 0 spiro atoms. The minimum absolute atomic E-state index is 0.103. The highest BCUT2D eigenvalue weighted by Crippen LogP contribution is 2.27. The van der Waals surface area contributed by atoms with Crippen molar-refractivity contribution in [1.29, 1.82) is 0 Å². The lowest BCUT2D eigenvalue weighted by molar-refractivity contribution is -0.127. The third kappa shape index (κ3) is 4.58. The minimum Gasteiger partial charge on any atom is -0.335 e. The zero-order chi connectivity index (χ0) is 16.8. The number of nitrogens with zero attached hydrogens (tertiary/aromatic N) is 1. The van der Waals surface area contributed by atoms with Crippen molar-refractivity contribution in [1.82, 2.24) is 4.90 Å². The van der Waals surface area contributed by atoms with Crippen molar-refractivity contribution in [3.63, 3.8) is 0 Å². The molecule has 1 amide bonds. The number of carbonyl (C=O) groups is 1. The van der Waals surface area contributed by atoms with Crippen molar-refractivity contribution in [2.45, 2.75) is 32.7 Å². The quantitative estimate of drug-likeness (QED) is 0.698.